The Balaban J connectivity index is 2.20. The number of hydrogen-bond acceptors (Lipinski definition) is 6. The third-order valence-electron chi connectivity index (χ3n) is 3.09. The van der Waals surface area contributed by atoms with Crippen molar-refractivity contribution in [2.24, 2.45) is 5.14 Å². The van der Waals surface area contributed by atoms with Crippen molar-refractivity contribution in [3.05, 3.63) is 18.2 Å². The molecular formula is C12H14N4O4S. The normalized spacial score (nSPS) is 14.2. The highest BCUT2D eigenvalue weighted by Crippen LogP contribution is 2.39. The predicted molar refractivity (Wildman–Crippen MR) is 73.5 cm³/mol. The third-order valence-corrected chi connectivity index (χ3v) is 3.91. The first kappa shape index (κ1) is 13.8. The van der Waals surface area contributed by atoms with E-state index in [9.17, 15) is 8.42 Å². The van der Waals surface area contributed by atoms with Gasteiger partial charge in [0.2, 0.25) is 0 Å². The van der Waals surface area contributed by atoms with Crippen LogP contribution in [0, 0.1) is 0 Å². The molecule has 0 atom stereocenters. The van der Waals surface area contributed by atoms with Gasteiger partial charge in [0.25, 0.3) is 15.2 Å². The number of aromatic nitrogens is 3. The molecule has 0 fully saturated rings. The highest BCUT2D eigenvalue weighted by Gasteiger charge is 2.25. The maximum absolute atomic E-state index is 11.5. The Hall–Kier alpha value is -2.13. The minimum atomic E-state index is -3.94. The van der Waals surface area contributed by atoms with Gasteiger partial charge in [-0.3, -0.25) is 4.57 Å². The van der Waals surface area contributed by atoms with E-state index in [-0.39, 0.29) is 5.16 Å². The van der Waals surface area contributed by atoms with Crippen molar-refractivity contribution < 1.29 is 17.9 Å². The molecule has 0 saturated heterocycles. The van der Waals surface area contributed by atoms with Gasteiger partial charge in [0.05, 0.1) is 5.56 Å². The minimum Gasteiger partial charge on any atom is -0.486 e. The third kappa shape index (κ3) is 2.34. The number of rotatable bonds is 3. The standard InChI is InChI=1S/C12H14N4O4S/c1-2-16-11(14-15-12(16)21(13,17)18)8-4-3-5-9-10(8)20-7-6-19-9/h3-5H,2,6-7H2,1H3,(H2,13,17,18). The summed E-state index contributed by atoms with van der Waals surface area (Å²) in [5.41, 5.74) is 0.622. The van der Waals surface area contributed by atoms with Gasteiger partial charge in [-0.1, -0.05) is 6.07 Å². The van der Waals surface area contributed by atoms with Crippen molar-refractivity contribution in [1.29, 1.82) is 0 Å². The predicted octanol–water partition coefficient (Wildman–Crippen LogP) is 0.384. The van der Waals surface area contributed by atoms with E-state index in [1.165, 1.54) is 4.57 Å². The Morgan fingerprint density at radius 3 is 2.76 bits per heavy atom. The Morgan fingerprint density at radius 2 is 2.05 bits per heavy atom. The van der Waals surface area contributed by atoms with E-state index in [4.69, 9.17) is 14.6 Å². The number of hydrogen-bond donors (Lipinski definition) is 1. The number of ether oxygens (including phenoxy) is 2. The molecule has 0 bridgehead atoms. The van der Waals surface area contributed by atoms with E-state index in [1.54, 1.807) is 25.1 Å². The van der Waals surface area contributed by atoms with Crippen LogP contribution in [0.2, 0.25) is 0 Å². The molecule has 1 aromatic carbocycles. The lowest BCUT2D eigenvalue weighted by atomic mass is 10.1. The second-order valence-corrected chi connectivity index (χ2v) is 5.88. The van der Waals surface area contributed by atoms with Crippen LogP contribution in [0.1, 0.15) is 6.92 Å². The fraction of sp³-hybridized carbons (Fsp3) is 0.333. The molecule has 0 spiro atoms. The lowest BCUT2D eigenvalue weighted by Crippen LogP contribution is -2.19. The van der Waals surface area contributed by atoms with Crippen molar-refractivity contribution >= 4 is 10.0 Å². The van der Waals surface area contributed by atoms with Crippen molar-refractivity contribution in [1.82, 2.24) is 14.8 Å². The van der Waals surface area contributed by atoms with Crippen LogP contribution in [0.5, 0.6) is 11.5 Å². The van der Waals surface area contributed by atoms with E-state index in [2.05, 4.69) is 10.2 Å². The highest BCUT2D eigenvalue weighted by molar-refractivity contribution is 7.89. The molecule has 0 amide bonds. The number of fused-ring (bicyclic) bond motifs is 1. The van der Waals surface area contributed by atoms with E-state index in [1.807, 2.05) is 0 Å². The Labute approximate surface area is 121 Å². The molecule has 21 heavy (non-hydrogen) atoms. The first-order valence-electron chi connectivity index (χ1n) is 6.37. The average Bonchev–Trinajstić information content (AvgIpc) is 2.90. The van der Waals surface area contributed by atoms with Gasteiger partial charge in [-0.25, -0.2) is 13.6 Å². The molecule has 0 radical (unpaired) electrons. The summed E-state index contributed by atoms with van der Waals surface area (Å²) in [5, 5.41) is 12.5. The van der Waals surface area contributed by atoms with Crippen LogP contribution in [-0.4, -0.2) is 36.4 Å². The zero-order chi connectivity index (χ0) is 15.0. The van der Waals surface area contributed by atoms with Crippen LogP contribution >= 0.6 is 0 Å². The lowest BCUT2D eigenvalue weighted by Gasteiger charge is -2.20. The second kappa shape index (κ2) is 5.01. The summed E-state index contributed by atoms with van der Waals surface area (Å²) < 4.78 is 35.6. The van der Waals surface area contributed by atoms with Crippen LogP contribution in [0.15, 0.2) is 23.4 Å². The SMILES string of the molecule is CCn1c(-c2cccc3c2OCCO3)nnc1S(N)(=O)=O. The van der Waals surface area contributed by atoms with Gasteiger partial charge in [-0.2, -0.15) is 0 Å². The molecule has 2 N–H and O–H groups in total. The van der Waals surface area contributed by atoms with Gasteiger partial charge in [0, 0.05) is 6.54 Å². The van der Waals surface area contributed by atoms with Gasteiger partial charge in [-0.15, -0.1) is 10.2 Å². The minimum absolute atomic E-state index is 0.269. The summed E-state index contributed by atoms with van der Waals surface area (Å²) in [4.78, 5) is 0. The maximum atomic E-state index is 11.5. The van der Waals surface area contributed by atoms with Crippen molar-refractivity contribution in [3.8, 4) is 22.9 Å². The van der Waals surface area contributed by atoms with Crippen LogP contribution in [0.3, 0.4) is 0 Å². The summed E-state index contributed by atoms with van der Waals surface area (Å²) in [6.45, 7) is 3.04. The maximum Gasteiger partial charge on any atom is 0.273 e. The van der Waals surface area contributed by atoms with Gasteiger partial charge < -0.3 is 9.47 Å². The molecule has 1 aliphatic rings. The van der Waals surface area contributed by atoms with Crippen molar-refractivity contribution in [2.45, 2.75) is 18.6 Å². The number of para-hydroxylation sites is 1. The molecule has 112 valence electrons. The number of primary sulfonamides is 1. The number of sulfonamides is 1. The summed E-state index contributed by atoms with van der Waals surface area (Å²) in [6.07, 6.45) is 0. The smallest absolute Gasteiger partial charge is 0.273 e. The molecular weight excluding hydrogens is 296 g/mol. The van der Waals surface area contributed by atoms with E-state index in [0.717, 1.165) is 0 Å². The summed E-state index contributed by atoms with van der Waals surface area (Å²) >= 11 is 0. The topological polar surface area (TPSA) is 109 Å². The Morgan fingerprint density at radius 1 is 1.29 bits per heavy atom. The van der Waals surface area contributed by atoms with Crippen molar-refractivity contribution in [2.75, 3.05) is 13.2 Å². The molecule has 0 saturated carbocycles. The largest absolute Gasteiger partial charge is 0.486 e. The van der Waals surface area contributed by atoms with Crippen LogP contribution in [-0.2, 0) is 16.6 Å². The monoisotopic (exact) mass is 310 g/mol. The zero-order valence-corrected chi connectivity index (χ0v) is 12.1. The molecule has 9 heteroatoms. The summed E-state index contributed by atoms with van der Waals surface area (Å²) in [7, 11) is -3.94. The average molecular weight is 310 g/mol. The highest BCUT2D eigenvalue weighted by atomic mass is 32.2. The molecule has 1 aromatic heterocycles. The van der Waals surface area contributed by atoms with E-state index >= 15 is 0 Å². The van der Waals surface area contributed by atoms with Crippen LogP contribution < -0.4 is 14.6 Å². The van der Waals surface area contributed by atoms with Gasteiger partial charge in [0.15, 0.2) is 17.3 Å². The molecule has 1 aliphatic heterocycles. The lowest BCUT2D eigenvalue weighted by molar-refractivity contribution is 0.172. The quantitative estimate of drug-likeness (QED) is 0.878. The summed E-state index contributed by atoms with van der Waals surface area (Å²) in [6, 6.07) is 5.34. The molecule has 0 aliphatic carbocycles. The molecule has 0 unspecified atom stereocenters. The Bertz CT molecular complexity index is 785. The fourth-order valence-electron chi connectivity index (χ4n) is 2.23. The zero-order valence-electron chi connectivity index (χ0n) is 11.3. The van der Waals surface area contributed by atoms with Crippen LogP contribution in [0.4, 0.5) is 0 Å². The van der Waals surface area contributed by atoms with Gasteiger partial charge in [0.1, 0.15) is 13.2 Å². The van der Waals surface area contributed by atoms with Crippen LogP contribution in [0.25, 0.3) is 11.4 Å². The van der Waals surface area contributed by atoms with Gasteiger partial charge >= 0.3 is 0 Å². The second-order valence-electron chi connectivity index (χ2n) is 4.43. The number of benzene rings is 1. The van der Waals surface area contributed by atoms with Gasteiger partial charge in [-0.05, 0) is 19.1 Å². The number of nitrogens with zero attached hydrogens (tertiary/aromatic N) is 3. The van der Waals surface area contributed by atoms with E-state index < -0.39 is 10.0 Å². The van der Waals surface area contributed by atoms with Crippen molar-refractivity contribution in [3.63, 3.8) is 0 Å². The fourth-order valence-corrected chi connectivity index (χ4v) is 2.91. The first-order chi connectivity index (χ1) is 10.0. The Kier molecular flexibility index (Phi) is 3.30. The molecule has 8 nitrogen and oxygen atoms in total. The summed E-state index contributed by atoms with van der Waals surface area (Å²) in [5.74, 6) is 1.51. The van der Waals surface area contributed by atoms with E-state index in [0.29, 0.717) is 42.6 Å². The first-order valence-corrected chi connectivity index (χ1v) is 7.92. The molecule has 3 rings (SSSR count). The number of nitrogens with two attached hydrogens (primary N) is 1. The molecule has 2 aromatic rings. The molecule has 2 heterocycles.